The fourth-order valence-electron chi connectivity index (χ4n) is 2.26. The average Bonchev–Trinajstić information content (AvgIpc) is 2.65. The monoisotopic (exact) mass is 209 g/mol. The van der Waals surface area contributed by atoms with Crippen molar-refractivity contribution in [1.29, 1.82) is 0 Å². The zero-order chi connectivity index (χ0) is 10.8. The first-order chi connectivity index (χ1) is 7.18. The van der Waals surface area contributed by atoms with Crippen molar-refractivity contribution < 1.29 is 9.90 Å². The first kappa shape index (κ1) is 10.1. The van der Waals surface area contributed by atoms with E-state index in [1.54, 1.807) is 6.33 Å². The molecule has 0 aliphatic heterocycles. The molecule has 5 heteroatoms. The molecule has 82 valence electrons. The Morgan fingerprint density at radius 2 is 2.13 bits per heavy atom. The molecule has 5 nitrogen and oxygen atoms in total. The van der Waals surface area contributed by atoms with Crippen LogP contribution in [0.2, 0.25) is 0 Å². The Morgan fingerprint density at radius 3 is 2.60 bits per heavy atom. The summed E-state index contributed by atoms with van der Waals surface area (Å²) in [5.41, 5.74) is 0. The van der Waals surface area contributed by atoms with Crippen molar-refractivity contribution in [2.24, 2.45) is 5.92 Å². The molecule has 0 amide bonds. The molecule has 1 fully saturated rings. The Morgan fingerprint density at radius 1 is 1.47 bits per heavy atom. The van der Waals surface area contributed by atoms with Crippen LogP contribution in [-0.4, -0.2) is 25.8 Å². The van der Waals surface area contributed by atoms with E-state index in [-0.39, 0.29) is 5.92 Å². The first-order valence-corrected chi connectivity index (χ1v) is 5.27. The normalized spacial score (nSPS) is 26.5. The standard InChI is InChI=1S/C10H15N3O2/c1-7-12-11-6-13(7)9-4-2-8(3-5-9)10(14)15/h6,8-9H,2-5H2,1H3,(H,14,15). The second-order valence-electron chi connectivity index (χ2n) is 4.13. The third-order valence-corrected chi connectivity index (χ3v) is 3.19. The number of nitrogens with zero attached hydrogens (tertiary/aromatic N) is 3. The van der Waals surface area contributed by atoms with Crippen molar-refractivity contribution in [3.05, 3.63) is 12.2 Å². The van der Waals surface area contributed by atoms with E-state index < -0.39 is 5.97 Å². The summed E-state index contributed by atoms with van der Waals surface area (Å²) < 4.78 is 2.05. The zero-order valence-corrected chi connectivity index (χ0v) is 8.76. The molecule has 15 heavy (non-hydrogen) atoms. The first-order valence-electron chi connectivity index (χ1n) is 5.27. The van der Waals surface area contributed by atoms with Crippen molar-refractivity contribution in [3.8, 4) is 0 Å². The van der Waals surface area contributed by atoms with Crippen molar-refractivity contribution in [1.82, 2.24) is 14.8 Å². The van der Waals surface area contributed by atoms with E-state index in [1.807, 2.05) is 6.92 Å². The lowest BCUT2D eigenvalue weighted by Crippen LogP contribution is -2.23. The van der Waals surface area contributed by atoms with Crippen molar-refractivity contribution >= 4 is 5.97 Å². The topological polar surface area (TPSA) is 68.0 Å². The van der Waals surface area contributed by atoms with Crippen LogP contribution in [-0.2, 0) is 4.79 Å². The molecule has 0 saturated heterocycles. The van der Waals surface area contributed by atoms with E-state index in [0.29, 0.717) is 6.04 Å². The molecule has 0 spiro atoms. The molecule has 1 N–H and O–H groups in total. The largest absolute Gasteiger partial charge is 0.481 e. The summed E-state index contributed by atoms with van der Waals surface area (Å²) in [5, 5.41) is 16.7. The quantitative estimate of drug-likeness (QED) is 0.799. The molecule has 1 aromatic rings. The lowest BCUT2D eigenvalue weighted by atomic mass is 9.86. The number of carbonyl (C=O) groups is 1. The van der Waals surface area contributed by atoms with Gasteiger partial charge in [-0.15, -0.1) is 10.2 Å². The fourth-order valence-corrected chi connectivity index (χ4v) is 2.26. The highest BCUT2D eigenvalue weighted by Crippen LogP contribution is 2.32. The Hall–Kier alpha value is -1.39. The molecular formula is C10H15N3O2. The van der Waals surface area contributed by atoms with Crippen LogP contribution in [0.15, 0.2) is 6.33 Å². The van der Waals surface area contributed by atoms with Gasteiger partial charge in [0.2, 0.25) is 0 Å². The van der Waals surface area contributed by atoms with E-state index in [4.69, 9.17) is 5.11 Å². The highest BCUT2D eigenvalue weighted by molar-refractivity contribution is 5.70. The van der Waals surface area contributed by atoms with Crippen LogP contribution < -0.4 is 0 Å². The SMILES string of the molecule is Cc1nncn1C1CCC(C(=O)O)CC1. The fraction of sp³-hybridized carbons (Fsp3) is 0.700. The van der Waals surface area contributed by atoms with Gasteiger partial charge < -0.3 is 9.67 Å². The minimum Gasteiger partial charge on any atom is -0.481 e. The van der Waals surface area contributed by atoms with Crippen LogP contribution in [0, 0.1) is 12.8 Å². The molecule has 2 rings (SSSR count). The Kier molecular flexibility index (Phi) is 2.70. The number of hydrogen-bond acceptors (Lipinski definition) is 3. The van der Waals surface area contributed by atoms with Gasteiger partial charge in [0.25, 0.3) is 0 Å². The van der Waals surface area contributed by atoms with Crippen LogP contribution >= 0.6 is 0 Å². The summed E-state index contributed by atoms with van der Waals surface area (Å²) in [6.45, 7) is 1.93. The van der Waals surface area contributed by atoms with Crippen LogP contribution in [0.3, 0.4) is 0 Å². The molecule has 0 unspecified atom stereocenters. The predicted molar refractivity (Wildman–Crippen MR) is 53.4 cm³/mol. The van der Waals surface area contributed by atoms with Gasteiger partial charge in [-0.2, -0.15) is 0 Å². The molecule has 1 aliphatic rings. The highest BCUT2D eigenvalue weighted by atomic mass is 16.4. The lowest BCUT2D eigenvalue weighted by Gasteiger charge is -2.27. The molecule has 1 aliphatic carbocycles. The number of aromatic nitrogens is 3. The van der Waals surface area contributed by atoms with E-state index in [1.165, 1.54) is 0 Å². The van der Waals surface area contributed by atoms with Gasteiger partial charge in [0.05, 0.1) is 5.92 Å². The summed E-state index contributed by atoms with van der Waals surface area (Å²) in [6.07, 6.45) is 5.09. The average molecular weight is 209 g/mol. The molecule has 0 atom stereocenters. The maximum absolute atomic E-state index is 10.8. The van der Waals surface area contributed by atoms with Crippen molar-refractivity contribution in [3.63, 3.8) is 0 Å². The summed E-state index contributed by atoms with van der Waals surface area (Å²) in [4.78, 5) is 10.8. The summed E-state index contributed by atoms with van der Waals surface area (Å²) in [7, 11) is 0. The van der Waals surface area contributed by atoms with Gasteiger partial charge in [0, 0.05) is 6.04 Å². The maximum Gasteiger partial charge on any atom is 0.306 e. The van der Waals surface area contributed by atoms with E-state index in [9.17, 15) is 4.79 Å². The highest BCUT2D eigenvalue weighted by Gasteiger charge is 2.27. The number of hydrogen-bond donors (Lipinski definition) is 1. The van der Waals surface area contributed by atoms with Gasteiger partial charge in [-0.1, -0.05) is 0 Å². The predicted octanol–water partition coefficient (Wildman–Crippen LogP) is 1.40. The summed E-state index contributed by atoms with van der Waals surface area (Å²) >= 11 is 0. The Bertz CT molecular complexity index is 353. The molecule has 0 radical (unpaired) electrons. The van der Waals surface area contributed by atoms with Gasteiger partial charge in [0.1, 0.15) is 12.2 Å². The number of aliphatic carboxylic acids is 1. The van der Waals surface area contributed by atoms with Gasteiger partial charge in [0.15, 0.2) is 0 Å². The number of carboxylic acid groups (broad SMARTS) is 1. The molecule has 1 heterocycles. The molecule has 1 aromatic heterocycles. The lowest BCUT2D eigenvalue weighted by molar-refractivity contribution is -0.143. The van der Waals surface area contributed by atoms with E-state index in [0.717, 1.165) is 31.5 Å². The summed E-state index contributed by atoms with van der Waals surface area (Å²) in [5.74, 6) is 0.0979. The second kappa shape index (κ2) is 4.00. The maximum atomic E-state index is 10.8. The zero-order valence-electron chi connectivity index (χ0n) is 8.76. The van der Waals surface area contributed by atoms with Crippen LogP contribution in [0.1, 0.15) is 37.5 Å². The van der Waals surface area contributed by atoms with Gasteiger partial charge >= 0.3 is 5.97 Å². The minimum absolute atomic E-state index is 0.155. The van der Waals surface area contributed by atoms with Crippen LogP contribution in [0.25, 0.3) is 0 Å². The Balaban J connectivity index is 2.00. The number of rotatable bonds is 2. The van der Waals surface area contributed by atoms with Crippen LogP contribution in [0.4, 0.5) is 0 Å². The molecule has 0 aromatic carbocycles. The molecule has 0 bridgehead atoms. The second-order valence-corrected chi connectivity index (χ2v) is 4.13. The summed E-state index contributed by atoms with van der Waals surface area (Å²) in [6, 6.07) is 0.385. The van der Waals surface area contributed by atoms with Gasteiger partial charge in [-0.25, -0.2) is 0 Å². The third kappa shape index (κ3) is 2.00. The smallest absolute Gasteiger partial charge is 0.306 e. The van der Waals surface area contributed by atoms with E-state index in [2.05, 4.69) is 14.8 Å². The number of carboxylic acids is 1. The van der Waals surface area contributed by atoms with Gasteiger partial charge in [-0.3, -0.25) is 4.79 Å². The van der Waals surface area contributed by atoms with Gasteiger partial charge in [-0.05, 0) is 32.6 Å². The number of aryl methyl sites for hydroxylation is 1. The Labute approximate surface area is 88.1 Å². The van der Waals surface area contributed by atoms with Crippen molar-refractivity contribution in [2.75, 3.05) is 0 Å². The van der Waals surface area contributed by atoms with Crippen molar-refractivity contribution in [2.45, 2.75) is 38.6 Å². The molecular weight excluding hydrogens is 194 g/mol. The molecule has 1 saturated carbocycles. The third-order valence-electron chi connectivity index (χ3n) is 3.19. The van der Waals surface area contributed by atoms with E-state index >= 15 is 0 Å². The van der Waals surface area contributed by atoms with Crippen LogP contribution in [0.5, 0.6) is 0 Å². The minimum atomic E-state index is -0.658.